The molecular formula is C24H29NO5. The predicted octanol–water partition coefficient (Wildman–Crippen LogP) is 4.68. The lowest BCUT2D eigenvalue weighted by Crippen LogP contribution is -2.29. The van der Waals surface area contributed by atoms with Gasteiger partial charge in [-0.1, -0.05) is 30.7 Å². The molecule has 0 aliphatic carbocycles. The third-order valence-electron chi connectivity index (χ3n) is 4.36. The van der Waals surface area contributed by atoms with Gasteiger partial charge in [-0.15, -0.1) is 0 Å². The summed E-state index contributed by atoms with van der Waals surface area (Å²) in [7, 11) is 1.56. The van der Waals surface area contributed by atoms with Crippen LogP contribution in [-0.2, 0) is 14.3 Å². The fraction of sp³-hybridized carbons (Fsp3) is 0.333. The Hall–Kier alpha value is -3.28. The standard InChI is InChI=1S/C24H29NO5/c1-6-13-29-21-11-8-19(15-22(21)28-5)9-12-23(26)30-18(4)24(27)25-20-10-7-16(2)14-17(20)3/h7-12,14-15,18H,6,13H2,1-5H3,(H,25,27)/b12-9+/t18-/m0/s1. The van der Waals surface area contributed by atoms with Gasteiger partial charge in [0.2, 0.25) is 0 Å². The van der Waals surface area contributed by atoms with E-state index in [9.17, 15) is 9.59 Å². The van der Waals surface area contributed by atoms with Crippen LogP contribution in [0.4, 0.5) is 5.69 Å². The molecule has 0 saturated heterocycles. The van der Waals surface area contributed by atoms with Gasteiger partial charge in [0.05, 0.1) is 13.7 Å². The third kappa shape index (κ3) is 6.65. The molecule has 30 heavy (non-hydrogen) atoms. The molecule has 1 atom stereocenters. The van der Waals surface area contributed by atoms with Gasteiger partial charge >= 0.3 is 5.97 Å². The van der Waals surface area contributed by atoms with Crippen molar-refractivity contribution in [2.45, 2.75) is 40.2 Å². The summed E-state index contributed by atoms with van der Waals surface area (Å²) in [6.07, 6.45) is 2.85. The number of methoxy groups -OCH3 is 1. The van der Waals surface area contributed by atoms with Crippen molar-refractivity contribution in [1.29, 1.82) is 0 Å². The van der Waals surface area contributed by atoms with Gasteiger partial charge in [0.15, 0.2) is 17.6 Å². The van der Waals surface area contributed by atoms with E-state index in [1.165, 1.54) is 13.0 Å². The molecular weight excluding hydrogens is 382 g/mol. The third-order valence-corrected chi connectivity index (χ3v) is 4.36. The van der Waals surface area contributed by atoms with Crippen molar-refractivity contribution in [1.82, 2.24) is 0 Å². The Balaban J connectivity index is 1.95. The quantitative estimate of drug-likeness (QED) is 0.479. The van der Waals surface area contributed by atoms with Gasteiger partial charge < -0.3 is 19.5 Å². The van der Waals surface area contributed by atoms with Crippen LogP contribution < -0.4 is 14.8 Å². The van der Waals surface area contributed by atoms with Crippen LogP contribution in [-0.4, -0.2) is 31.7 Å². The first-order valence-corrected chi connectivity index (χ1v) is 9.91. The van der Waals surface area contributed by atoms with Gasteiger partial charge in [0.25, 0.3) is 5.91 Å². The summed E-state index contributed by atoms with van der Waals surface area (Å²) < 4.78 is 16.2. The number of hydrogen-bond acceptors (Lipinski definition) is 5. The Kier molecular flexibility index (Phi) is 8.47. The number of nitrogens with one attached hydrogen (secondary N) is 1. The molecule has 160 valence electrons. The maximum absolute atomic E-state index is 12.3. The van der Waals surface area contributed by atoms with E-state index < -0.39 is 12.1 Å². The lowest BCUT2D eigenvalue weighted by Gasteiger charge is -2.14. The molecule has 0 aliphatic heterocycles. The average Bonchev–Trinajstić information content (AvgIpc) is 2.72. The first-order valence-electron chi connectivity index (χ1n) is 9.91. The molecule has 1 N–H and O–H groups in total. The lowest BCUT2D eigenvalue weighted by molar-refractivity contribution is -0.148. The van der Waals surface area contributed by atoms with Gasteiger partial charge in [-0.05, 0) is 62.6 Å². The molecule has 0 spiro atoms. The maximum atomic E-state index is 12.3. The summed E-state index contributed by atoms with van der Waals surface area (Å²) in [6, 6.07) is 11.1. The molecule has 0 aliphatic rings. The minimum absolute atomic E-state index is 0.386. The predicted molar refractivity (Wildman–Crippen MR) is 118 cm³/mol. The van der Waals surface area contributed by atoms with E-state index >= 15 is 0 Å². The highest BCUT2D eigenvalue weighted by Gasteiger charge is 2.17. The summed E-state index contributed by atoms with van der Waals surface area (Å²) in [5.74, 6) is 0.238. The first-order chi connectivity index (χ1) is 14.3. The van der Waals surface area contributed by atoms with Crippen molar-refractivity contribution >= 4 is 23.6 Å². The number of esters is 1. The van der Waals surface area contributed by atoms with Crippen LogP contribution in [0.1, 0.15) is 37.0 Å². The van der Waals surface area contributed by atoms with Crippen LogP contribution in [0, 0.1) is 13.8 Å². The van der Waals surface area contributed by atoms with Crippen molar-refractivity contribution in [2.24, 2.45) is 0 Å². The molecule has 0 radical (unpaired) electrons. The SMILES string of the molecule is CCCOc1ccc(/C=C/C(=O)O[C@@H](C)C(=O)Nc2ccc(C)cc2C)cc1OC. The number of rotatable bonds is 9. The zero-order chi connectivity index (χ0) is 22.1. The Morgan fingerprint density at radius 2 is 1.87 bits per heavy atom. The van der Waals surface area contributed by atoms with Crippen LogP contribution >= 0.6 is 0 Å². The van der Waals surface area contributed by atoms with Gasteiger partial charge in [0, 0.05) is 11.8 Å². The lowest BCUT2D eigenvalue weighted by atomic mass is 10.1. The summed E-state index contributed by atoms with van der Waals surface area (Å²) in [5, 5.41) is 2.78. The smallest absolute Gasteiger partial charge is 0.331 e. The van der Waals surface area contributed by atoms with E-state index in [-0.39, 0.29) is 5.91 Å². The normalized spacial score (nSPS) is 11.8. The fourth-order valence-electron chi connectivity index (χ4n) is 2.74. The first kappa shape index (κ1) is 23.0. The number of ether oxygens (including phenoxy) is 3. The molecule has 2 aromatic carbocycles. The molecule has 1 amide bonds. The Bertz CT molecular complexity index is 920. The van der Waals surface area contributed by atoms with E-state index in [0.29, 0.717) is 23.8 Å². The van der Waals surface area contributed by atoms with E-state index in [2.05, 4.69) is 5.32 Å². The average molecular weight is 411 g/mol. The second-order valence-corrected chi connectivity index (χ2v) is 6.98. The zero-order valence-corrected chi connectivity index (χ0v) is 18.2. The second-order valence-electron chi connectivity index (χ2n) is 6.98. The molecule has 6 nitrogen and oxygen atoms in total. The van der Waals surface area contributed by atoms with Gasteiger partial charge in [-0.3, -0.25) is 4.79 Å². The van der Waals surface area contributed by atoms with Gasteiger partial charge in [-0.2, -0.15) is 0 Å². The number of aryl methyl sites for hydroxylation is 2. The van der Waals surface area contributed by atoms with E-state index in [4.69, 9.17) is 14.2 Å². The summed E-state index contributed by atoms with van der Waals surface area (Å²) >= 11 is 0. The van der Waals surface area contributed by atoms with Crippen LogP contribution in [0.2, 0.25) is 0 Å². The van der Waals surface area contributed by atoms with E-state index in [0.717, 1.165) is 23.1 Å². The van der Waals surface area contributed by atoms with Crippen LogP contribution in [0.3, 0.4) is 0 Å². The van der Waals surface area contributed by atoms with Crippen molar-refractivity contribution < 1.29 is 23.8 Å². The molecule has 0 saturated carbocycles. The Morgan fingerprint density at radius 1 is 1.10 bits per heavy atom. The topological polar surface area (TPSA) is 73.9 Å². The Morgan fingerprint density at radius 3 is 2.53 bits per heavy atom. The summed E-state index contributed by atoms with van der Waals surface area (Å²) in [5.41, 5.74) is 3.50. The molecule has 0 fully saturated rings. The fourth-order valence-corrected chi connectivity index (χ4v) is 2.74. The summed E-state index contributed by atoms with van der Waals surface area (Å²) in [6.45, 7) is 8.05. The van der Waals surface area contributed by atoms with Crippen LogP contribution in [0.15, 0.2) is 42.5 Å². The molecule has 6 heteroatoms. The number of benzene rings is 2. The van der Waals surface area contributed by atoms with Gasteiger partial charge in [0.1, 0.15) is 0 Å². The zero-order valence-electron chi connectivity index (χ0n) is 18.2. The highest BCUT2D eigenvalue weighted by Crippen LogP contribution is 2.28. The second kappa shape index (κ2) is 11.0. The highest BCUT2D eigenvalue weighted by molar-refractivity contribution is 5.97. The largest absolute Gasteiger partial charge is 0.493 e. The minimum Gasteiger partial charge on any atom is -0.493 e. The maximum Gasteiger partial charge on any atom is 0.331 e. The Labute approximate surface area is 177 Å². The van der Waals surface area contributed by atoms with Crippen molar-refractivity contribution in [3.8, 4) is 11.5 Å². The number of carbonyl (C=O) groups is 2. The minimum atomic E-state index is -0.929. The van der Waals surface area contributed by atoms with E-state index in [1.807, 2.05) is 45.0 Å². The van der Waals surface area contributed by atoms with Crippen LogP contribution in [0.5, 0.6) is 11.5 Å². The number of anilines is 1. The van der Waals surface area contributed by atoms with Crippen molar-refractivity contribution in [3.05, 3.63) is 59.2 Å². The van der Waals surface area contributed by atoms with Crippen molar-refractivity contribution in [3.63, 3.8) is 0 Å². The molecule has 0 unspecified atom stereocenters. The molecule has 0 aromatic heterocycles. The number of hydrogen-bond donors (Lipinski definition) is 1. The molecule has 2 aromatic rings. The number of amides is 1. The van der Waals surface area contributed by atoms with Crippen LogP contribution in [0.25, 0.3) is 6.08 Å². The van der Waals surface area contributed by atoms with Crippen molar-refractivity contribution in [2.75, 3.05) is 19.0 Å². The molecule has 0 heterocycles. The molecule has 0 bridgehead atoms. The molecule has 2 rings (SSSR count). The summed E-state index contributed by atoms with van der Waals surface area (Å²) in [4.78, 5) is 24.4. The van der Waals surface area contributed by atoms with E-state index in [1.54, 1.807) is 25.3 Å². The highest BCUT2D eigenvalue weighted by atomic mass is 16.5. The van der Waals surface area contributed by atoms with Gasteiger partial charge in [-0.25, -0.2) is 4.79 Å². The monoisotopic (exact) mass is 411 g/mol. The number of carbonyl (C=O) groups excluding carboxylic acids is 2.